The van der Waals surface area contributed by atoms with Gasteiger partial charge in [0, 0.05) is 11.8 Å². The topological polar surface area (TPSA) is 177 Å². The van der Waals surface area contributed by atoms with Gasteiger partial charge in [-0.05, 0) is 40.8 Å². The smallest absolute Gasteiger partial charge is 0.258 e. The fraction of sp³-hybridized carbons (Fsp3) is 0.513. The van der Waals surface area contributed by atoms with Crippen LogP contribution in [0.1, 0.15) is 69.5 Å². The van der Waals surface area contributed by atoms with E-state index in [1.807, 2.05) is 60.7 Å². The van der Waals surface area contributed by atoms with Gasteiger partial charge in [0.1, 0.15) is 17.9 Å². The van der Waals surface area contributed by atoms with Gasteiger partial charge in [-0.1, -0.05) is 107 Å². The summed E-state index contributed by atoms with van der Waals surface area (Å²) in [5.41, 5.74) is 1.75. The molecule has 7 N–H and O–H groups in total. The van der Waals surface area contributed by atoms with Crippen molar-refractivity contribution < 1.29 is 39.5 Å². The van der Waals surface area contributed by atoms with Crippen molar-refractivity contribution in [3.63, 3.8) is 0 Å². The van der Waals surface area contributed by atoms with Crippen LogP contribution in [0.5, 0.6) is 5.75 Å². The summed E-state index contributed by atoms with van der Waals surface area (Å²) in [6, 6.07) is 17.6. The number of carbonyl (C=O) groups is 3. The zero-order chi connectivity index (χ0) is 35.8. The van der Waals surface area contributed by atoms with Crippen LogP contribution in [-0.4, -0.2) is 81.8 Å². The minimum atomic E-state index is -1.56. The number of nitrogens with one attached hydrogen (secondary N) is 3. The molecule has 5 rings (SSSR count). The molecule has 0 heterocycles. The van der Waals surface area contributed by atoms with E-state index in [-0.39, 0.29) is 5.92 Å². The number of hydrogen-bond acceptors (Lipinski definition) is 8. The highest BCUT2D eigenvalue weighted by Crippen LogP contribution is 2.33. The third-order valence-electron chi connectivity index (χ3n) is 10.2. The highest BCUT2D eigenvalue weighted by molar-refractivity contribution is 5.90. The summed E-state index contributed by atoms with van der Waals surface area (Å²) in [7, 11) is 0. The van der Waals surface area contributed by atoms with Gasteiger partial charge in [0.25, 0.3) is 5.91 Å². The van der Waals surface area contributed by atoms with Crippen molar-refractivity contribution in [2.45, 2.75) is 95.2 Å². The zero-order valence-electron chi connectivity index (χ0n) is 28.8. The summed E-state index contributed by atoms with van der Waals surface area (Å²) in [6.45, 7) is 2.44. The molecule has 50 heavy (non-hydrogen) atoms. The first-order valence-corrected chi connectivity index (χ1v) is 17.8. The van der Waals surface area contributed by atoms with E-state index in [9.17, 15) is 34.8 Å². The number of carbonyl (C=O) groups excluding carboxylic acids is 3. The van der Waals surface area contributed by atoms with Crippen LogP contribution in [0.15, 0.2) is 66.7 Å². The molecule has 3 aromatic carbocycles. The lowest BCUT2D eigenvalue weighted by Gasteiger charge is -2.36. The fourth-order valence-electron chi connectivity index (χ4n) is 7.54. The molecule has 1 saturated carbocycles. The maximum Gasteiger partial charge on any atom is 0.258 e. The Morgan fingerprint density at radius 1 is 0.860 bits per heavy atom. The lowest BCUT2D eigenvalue weighted by molar-refractivity contribution is -0.139. The van der Waals surface area contributed by atoms with Gasteiger partial charge in [0.15, 0.2) is 6.61 Å². The monoisotopic (exact) mass is 689 g/mol. The van der Waals surface area contributed by atoms with E-state index in [0.29, 0.717) is 18.6 Å². The van der Waals surface area contributed by atoms with Crippen molar-refractivity contribution in [1.29, 1.82) is 0 Å². The van der Waals surface area contributed by atoms with Crippen molar-refractivity contribution in [3.8, 4) is 5.75 Å². The summed E-state index contributed by atoms with van der Waals surface area (Å²) < 4.78 is 5.75. The van der Waals surface area contributed by atoms with Crippen molar-refractivity contribution in [2.24, 2.45) is 17.8 Å². The van der Waals surface area contributed by atoms with Gasteiger partial charge in [0.2, 0.25) is 11.8 Å². The Bertz CT molecular complexity index is 1600. The van der Waals surface area contributed by atoms with Crippen molar-refractivity contribution in [2.75, 3.05) is 13.2 Å². The van der Waals surface area contributed by atoms with Crippen molar-refractivity contribution in [1.82, 2.24) is 16.0 Å². The molecule has 11 nitrogen and oxygen atoms in total. The zero-order valence-corrected chi connectivity index (χ0v) is 28.8. The maximum atomic E-state index is 13.7. The van der Waals surface area contributed by atoms with Crippen molar-refractivity contribution in [3.05, 3.63) is 77.9 Å². The predicted molar refractivity (Wildman–Crippen MR) is 189 cm³/mol. The first kappa shape index (κ1) is 37.2. The third kappa shape index (κ3) is 9.00. The van der Waals surface area contributed by atoms with Crippen LogP contribution in [0.4, 0.5) is 0 Å². The second-order valence-electron chi connectivity index (χ2n) is 14.1. The molecular weight excluding hydrogens is 638 g/mol. The quantitative estimate of drug-likeness (QED) is 0.127. The average molecular weight is 690 g/mol. The SMILES string of the molecule is CC(C)[C@@H](C(=O)NC1c2ccccc2C[C@H]1O)[C@@H](O)[C@H](O)C(CC1CCCCC1)NC(=O)[C@H](CO)NC(=O)COc1cccc2ccccc12. The van der Waals surface area contributed by atoms with Crippen LogP contribution in [0.25, 0.3) is 10.8 Å². The molecule has 0 radical (unpaired) electrons. The van der Waals surface area contributed by atoms with Gasteiger partial charge in [-0.3, -0.25) is 14.4 Å². The molecule has 2 aliphatic rings. The number of ether oxygens (including phenoxy) is 1. The Morgan fingerprint density at radius 3 is 2.30 bits per heavy atom. The summed E-state index contributed by atoms with van der Waals surface area (Å²) in [5.74, 6) is -2.65. The molecule has 2 aliphatic carbocycles. The Morgan fingerprint density at radius 2 is 1.56 bits per heavy atom. The van der Waals surface area contributed by atoms with Crippen LogP contribution in [-0.2, 0) is 20.8 Å². The number of benzene rings is 3. The normalized spacial score (nSPS) is 20.7. The number of hydrogen-bond donors (Lipinski definition) is 7. The van der Waals surface area contributed by atoms with Gasteiger partial charge in [-0.15, -0.1) is 0 Å². The van der Waals surface area contributed by atoms with Gasteiger partial charge >= 0.3 is 0 Å². The molecule has 3 aromatic rings. The van der Waals surface area contributed by atoms with Crippen molar-refractivity contribution >= 4 is 28.5 Å². The molecule has 0 aliphatic heterocycles. The van der Waals surface area contributed by atoms with E-state index in [1.54, 1.807) is 19.9 Å². The van der Waals surface area contributed by atoms with Crippen LogP contribution < -0.4 is 20.7 Å². The van der Waals surface area contributed by atoms with E-state index in [4.69, 9.17) is 4.74 Å². The minimum absolute atomic E-state index is 0.170. The third-order valence-corrected chi connectivity index (χ3v) is 10.2. The first-order valence-electron chi connectivity index (χ1n) is 17.8. The summed E-state index contributed by atoms with van der Waals surface area (Å²) in [5, 5.41) is 54.1. The highest BCUT2D eigenvalue weighted by atomic mass is 16.5. The molecule has 270 valence electrons. The molecule has 0 spiro atoms. The predicted octanol–water partition coefficient (Wildman–Crippen LogP) is 2.92. The second kappa shape index (κ2) is 17.3. The number of rotatable bonds is 15. The molecular formula is C39H51N3O8. The molecule has 1 fully saturated rings. The number of fused-ring (bicyclic) bond motifs is 2. The van der Waals surface area contributed by atoms with Crippen LogP contribution >= 0.6 is 0 Å². The Labute approximate surface area is 293 Å². The largest absolute Gasteiger partial charge is 0.483 e. The Balaban J connectivity index is 1.26. The number of amides is 3. The summed E-state index contributed by atoms with van der Waals surface area (Å²) in [6.07, 6.45) is 1.74. The van der Waals surface area contributed by atoms with Crippen LogP contribution in [0, 0.1) is 17.8 Å². The maximum absolute atomic E-state index is 13.7. The molecule has 11 heteroatoms. The average Bonchev–Trinajstić information content (AvgIpc) is 3.43. The molecule has 0 bridgehead atoms. The minimum Gasteiger partial charge on any atom is -0.483 e. The summed E-state index contributed by atoms with van der Waals surface area (Å²) in [4.78, 5) is 40.1. The molecule has 7 atom stereocenters. The number of aliphatic hydroxyl groups is 4. The van der Waals surface area contributed by atoms with E-state index in [0.717, 1.165) is 54.0 Å². The Kier molecular flexibility index (Phi) is 12.9. The van der Waals surface area contributed by atoms with Gasteiger partial charge in [-0.25, -0.2) is 0 Å². The molecule has 2 unspecified atom stereocenters. The van der Waals surface area contributed by atoms with E-state index < -0.39 is 79.2 Å². The highest BCUT2D eigenvalue weighted by Gasteiger charge is 2.42. The van der Waals surface area contributed by atoms with E-state index >= 15 is 0 Å². The molecule has 0 saturated heterocycles. The van der Waals surface area contributed by atoms with Crippen LogP contribution in [0.2, 0.25) is 0 Å². The lowest BCUT2D eigenvalue weighted by atomic mass is 9.79. The van der Waals surface area contributed by atoms with E-state index in [2.05, 4.69) is 16.0 Å². The second-order valence-corrected chi connectivity index (χ2v) is 14.1. The van der Waals surface area contributed by atoms with Gasteiger partial charge in [-0.2, -0.15) is 0 Å². The van der Waals surface area contributed by atoms with Gasteiger partial charge < -0.3 is 41.1 Å². The molecule has 0 aromatic heterocycles. The first-order chi connectivity index (χ1) is 24.1. The number of aliphatic hydroxyl groups excluding tert-OH is 4. The Hall–Kier alpha value is -4.03. The van der Waals surface area contributed by atoms with Gasteiger partial charge in [0.05, 0.1) is 36.8 Å². The summed E-state index contributed by atoms with van der Waals surface area (Å²) >= 11 is 0. The van der Waals surface area contributed by atoms with Crippen LogP contribution in [0.3, 0.4) is 0 Å². The van der Waals surface area contributed by atoms with E-state index in [1.165, 1.54) is 0 Å². The fourth-order valence-corrected chi connectivity index (χ4v) is 7.54. The molecule has 3 amide bonds. The standard InChI is InChI=1S/C39H51N3O8/c1-23(2)34(39(49)42-35-28-17-9-7-14-26(28)20-31(35)44)37(47)36(46)29(19-24-11-4-3-5-12-24)41-38(48)30(21-43)40-33(45)22-50-32-18-10-15-25-13-6-8-16-27(25)32/h6-10,13-18,23-24,29-31,34-37,43-44,46-47H,3-5,11-12,19-22H2,1-2H3,(H,40,45)(H,41,48)(H,42,49)/t29?,30-,31+,34+,35?,36+,37+/m0/s1. The lowest BCUT2D eigenvalue weighted by Crippen LogP contribution is -2.58.